The van der Waals surface area contributed by atoms with Crippen molar-refractivity contribution in [1.29, 1.82) is 0 Å². The average molecular weight is 229 g/mol. The second-order valence-corrected chi connectivity index (χ2v) is 4.50. The summed E-state index contributed by atoms with van der Waals surface area (Å²) in [4.78, 5) is 8.31. The monoisotopic (exact) mass is 229 g/mol. The molecular weight excluding hydrogens is 214 g/mol. The molecule has 3 heterocycles. The molecule has 88 valence electrons. The maximum absolute atomic E-state index is 5.65. The molecule has 0 bridgehead atoms. The van der Waals surface area contributed by atoms with E-state index >= 15 is 0 Å². The van der Waals surface area contributed by atoms with E-state index < -0.39 is 0 Å². The third-order valence-corrected chi connectivity index (χ3v) is 3.50. The first kappa shape index (κ1) is 10.3. The van der Waals surface area contributed by atoms with E-state index in [0.29, 0.717) is 17.9 Å². The molecule has 5 nitrogen and oxygen atoms in total. The van der Waals surface area contributed by atoms with Crippen molar-refractivity contribution in [2.45, 2.75) is 31.7 Å². The molecule has 2 aromatic heterocycles. The number of rotatable bonds is 1. The highest BCUT2D eigenvalue weighted by Crippen LogP contribution is 2.36. The Balaban J connectivity index is 1.96. The topological polar surface area (TPSA) is 69.6 Å². The van der Waals surface area contributed by atoms with Crippen molar-refractivity contribution in [3.63, 3.8) is 0 Å². The zero-order chi connectivity index (χ0) is 11.8. The lowest BCUT2D eigenvalue weighted by Crippen LogP contribution is -2.24. The van der Waals surface area contributed by atoms with Crippen LogP contribution in [0.3, 0.4) is 0 Å². The van der Waals surface area contributed by atoms with Crippen LogP contribution in [0, 0.1) is 0 Å². The zero-order valence-corrected chi connectivity index (χ0v) is 9.74. The van der Waals surface area contributed by atoms with Gasteiger partial charge in [-0.25, -0.2) is 4.68 Å². The van der Waals surface area contributed by atoms with Crippen LogP contribution in [0.2, 0.25) is 0 Å². The van der Waals surface area contributed by atoms with Crippen molar-refractivity contribution in [2.75, 3.05) is 5.73 Å². The summed E-state index contributed by atoms with van der Waals surface area (Å²) in [5, 5.41) is 4.28. The molecule has 5 heteroatoms. The van der Waals surface area contributed by atoms with Gasteiger partial charge in [0, 0.05) is 24.7 Å². The highest BCUT2D eigenvalue weighted by Gasteiger charge is 2.29. The molecule has 0 saturated carbocycles. The number of nitrogens with zero attached hydrogens (tertiary/aromatic N) is 4. The summed E-state index contributed by atoms with van der Waals surface area (Å²) in [5.41, 5.74) is 6.96. The fourth-order valence-electron chi connectivity index (χ4n) is 2.62. The van der Waals surface area contributed by atoms with Gasteiger partial charge in [-0.3, -0.25) is 4.98 Å². The lowest BCUT2D eigenvalue weighted by atomic mass is 9.86. The van der Waals surface area contributed by atoms with E-state index in [9.17, 15) is 0 Å². The Morgan fingerprint density at radius 3 is 2.88 bits per heavy atom. The van der Waals surface area contributed by atoms with Crippen LogP contribution in [-0.4, -0.2) is 19.7 Å². The maximum atomic E-state index is 5.65. The Labute approximate surface area is 99.7 Å². The third-order valence-electron chi connectivity index (χ3n) is 3.50. The van der Waals surface area contributed by atoms with Gasteiger partial charge in [0.2, 0.25) is 5.95 Å². The van der Waals surface area contributed by atoms with E-state index in [1.807, 2.05) is 17.1 Å². The van der Waals surface area contributed by atoms with Gasteiger partial charge in [-0.05, 0) is 31.0 Å². The number of pyridine rings is 1. The molecule has 0 saturated heterocycles. The highest BCUT2D eigenvalue weighted by atomic mass is 15.4. The molecule has 1 aliphatic rings. The molecule has 0 aliphatic carbocycles. The maximum Gasteiger partial charge on any atom is 0.239 e. The summed E-state index contributed by atoms with van der Waals surface area (Å²) >= 11 is 0. The molecule has 0 aromatic carbocycles. The molecule has 3 rings (SSSR count). The number of fused-ring (bicyclic) bond motifs is 1. The molecule has 2 N–H and O–H groups in total. The van der Waals surface area contributed by atoms with Crippen LogP contribution < -0.4 is 5.73 Å². The van der Waals surface area contributed by atoms with Crippen LogP contribution in [0.5, 0.6) is 0 Å². The molecule has 0 radical (unpaired) electrons. The third kappa shape index (κ3) is 1.67. The number of aryl methyl sites for hydroxylation is 1. The van der Waals surface area contributed by atoms with Crippen LogP contribution in [0.1, 0.15) is 36.7 Å². The van der Waals surface area contributed by atoms with Gasteiger partial charge >= 0.3 is 0 Å². The van der Waals surface area contributed by atoms with Crippen LogP contribution in [0.15, 0.2) is 24.5 Å². The van der Waals surface area contributed by atoms with Crippen molar-refractivity contribution in [3.05, 3.63) is 35.9 Å². The standard InChI is InChI=1S/C12H15N5/c1-8-10(9-4-6-14-7-5-9)2-3-11-15-12(13)16-17(8)11/h4-8,10H,2-3H2,1H3,(H2,13,16). The first-order valence-corrected chi connectivity index (χ1v) is 5.86. The predicted octanol–water partition coefficient (Wildman–Crippen LogP) is 1.55. The number of nitrogens with two attached hydrogens (primary N) is 1. The molecule has 0 fully saturated rings. The summed E-state index contributed by atoms with van der Waals surface area (Å²) in [5.74, 6) is 1.84. The van der Waals surface area contributed by atoms with Gasteiger partial charge in [0.05, 0.1) is 6.04 Å². The highest BCUT2D eigenvalue weighted by molar-refractivity contribution is 5.22. The van der Waals surface area contributed by atoms with E-state index in [4.69, 9.17) is 5.73 Å². The Bertz CT molecular complexity index is 519. The second-order valence-electron chi connectivity index (χ2n) is 4.50. The van der Waals surface area contributed by atoms with Crippen LogP contribution in [0.25, 0.3) is 0 Å². The number of hydrogen-bond donors (Lipinski definition) is 1. The smallest absolute Gasteiger partial charge is 0.239 e. The van der Waals surface area contributed by atoms with Gasteiger partial charge in [-0.2, -0.15) is 4.98 Å². The van der Waals surface area contributed by atoms with Gasteiger partial charge in [-0.15, -0.1) is 5.10 Å². The van der Waals surface area contributed by atoms with Crippen LogP contribution in [0.4, 0.5) is 5.95 Å². The molecule has 17 heavy (non-hydrogen) atoms. The molecule has 0 amide bonds. The summed E-state index contributed by atoms with van der Waals surface area (Å²) < 4.78 is 1.96. The van der Waals surface area contributed by atoms with Gasteiger partial charge in [-0.1, -0.05) is 0 Å². The number of hydrogen-bond acceptors (Lipinski definition) is 4. The lowest BCUT2D eigenvalue weighted by Gasteiger charge is -2.29. The number of anilines is 1. The van der Waals surface area contributed by atoms with Gasteiger partial charge in [0.25, 0.3) is 0 Å². The molecule has 2 aromatic rings. The quantitative estimate of drug-likeness (QED) is 0.805. The minimum Gasteiger partial charge on any atom is -0.366 e. The Hall–Kier alpha value is -1.91. The Morgan fingerprint density at radius 1 is 1.35 bits per heavy atom. The normalized spacial score (nSPS) is 23.4. The fourth-order valence-corrected chi connectivity index (χ4v) is 2.62. The van der Waals surface area contributed by atoms with Crippen molar-refractivity contribution < 1.29 is 0 Å². The fraction of sp³-hybridized carbons (Fsp3) is 0.417. The molecular formula is C12H15N5. The summed E-state index contributed by atoms with van der Waals surface area (Å²) in [6, 6.07) is 4.45. The minimum absolute atomic E-state index is 0.297. The van der Waals surface area contributed by atoms with E-state index in [0.717, 1.165) is 18.7 Å². The molecule has 2 unspecified atom stereocenters. The SMILES string of the molecule is CC1C(c2ccncc2)CCc2nc(N)nn21. The first-order chi connectivity index (χ1) is 8.25. The Kier molecular flexibility index (Phi) is 2.31. The van der Waals surface area contributed by atoms with E-state index in [1.54, 1.807) is 0 Å². The molecule has 2 atom stereocenters. The summed E-state index contributed by atoms with van der Waals surface area (Å²) in [6.45, 7) is 2.17. The van der Waals surface area contributed by atoms with E-state index in [1.165, 1.54) is 5.56 Å². The summed E-state index contributed by atoms with van der Waals surface area (Å²) in [6.07, 6.45) is 5.70. The number of aromatic nitrogens is 4. The Morgan fingerprint density at radius 2 is 2.12 bits per heavy atom. The van der Waals surface area contributed by atoms with E-state index in [2.05, 4.69) is 34.1 Å². The van der Waals surface area contributed by atoms with Crippen molar-refractivity contribution in [2.24, 2.45) is 0 Å². The molecule has 1 aliphatic heterocycles. The van der Waals surface area contributed by atoms with Gasteiger partial charge in [0.15, 0.2) is 0 Å². The van der Waals surface area contributed by atoms with Crippen molar-refractivity contribution >= 4 is 5.95 Å². The van der Waals surface area contributed by atoms with Crippen molar-refractivity contribution in [1.82, 2.24) is 19.7 Å². The zero-order valence-electron chi connectivity index (χ0n) is 9.74. The predicted molar refractivity (Wildman–Crippen MR) is 64.4 cm³/mol. The number of nitrogen functional groups attached to an aromatic ring is 1. The largest absolute Gasteiger partial charge is 0.366 e. The van der Waals surface area contributed by atoms with Crippen LogP contribution in [-0.2, 0) is 6.42 Å². The summed E-state index contributed by atoms with van der Waals surface area (Å²) in [7, 11) is 0. The minimum atomic E-state index is 0.297. The van der Waals surface area contributed by atoms with Crippen LogP contribution >= 0.6 is 0 Å². The van der Waals surface area contributed by atoms with E-state index in [-0.39, 0.29) is 0 Å². The second kappa shape index (κ2) is 3.84. The average Bonchev–Trinajstić information content (AvgIpc) is 2.72. The van der Waals surface area contributed by atoms with Crippen molar-refractivity contribution in [3.8, 4) is 0 Å². The lowest BCUT2D eigenvalue weighted by molar-refractivity contribution is 0.338. The first-order valence-electron chi connectivity index (χ1n) is 5.86. The molecule has 0 spiro atoms. The van der Waals surface area contributed by atoms with Gasteiger partial charge < -0.3 is 5.73 Å². The van der Waals surface area contributed by atoms with Gasteiger partial charge in [0.1, 0.15) is 5.82 Å².